The zero-order valence-electron chi connectivity index (χ0n) is 10.4. The summed E-state index contributed by atoms with van der Waals surface area (Å²) in [5.74, 6) is 5.61. The summed E-state index contributed by atoms with van der Waals surface area (Å²) in [5, 5.41) is 2.27. The molecule has 0 saturated heterocycles. The van der Waals surface area contributed by atoms with Crippen LogP contribution >= 0.6 is 15.9 Å². The number of halogens is 1. The maximum Gasteiger partial charge on any atom is 0.234 e. The zero-order chi connectivity index (χ0) is 13.7. The molecule has 4 nitrogen and oxygen atoms in total. The molecule has 2 rings (SSSR count). The molecule has 3 N–H and O–H groups in total. The first-order valence-corrected chi connectivity index (χ1v) is 6.81. The Morgan fingerprint density at radius 2 is 2.05 bits per heavy atom. The molecule has 1 amide bonds. The van der Waals surface area contributed by atoms with E-state index in [-0.39, 0.29) is 5.91 Å². The van der Waals surface area contributed by atoms with Crippen LogP contribution in [0.3, 0.4) is 0 Å². The van der Waals surface area contributed by atoms with Gasteiger partial charge in [-0.1, -0.05) is 30.3 Å². The van der Waals surface area contributed by atoms with Gasteiger partial charge in [0.25, 0.3) is 0 Å². The number of amides is 1. The molecule has 0 bridgehead atoms. The van der Waals surface area contributed by atoms with Crippen LogP contribution in [0.25, 0.3) is 10.8 Å². The molecule has 2 aromatic carbocycles. The SMILES string of the molecule is NNC(=O)CCCOc1ccc2ccccc2c1Br. The lowest BCUT2D eigenvalue weighted by molar-refractivity contribution is -0.121. The summed E-state index contributed by atoms with van der Waals surface area (Å²) in [6, 6.07) is 12.0. The molecule has 0 atom stereocenters. The molecule has 0 fully saturated rings. The molecule has 0 saturated carbocycles. The van der Waals surface area contributed by atoms with Crippen molar-refractivity contribution in [2.45, 2.75) is 12.8 Å². The van der Waals surface area contributed by atoms with E-state index < -0.39 is 0 Å². The summed E-state index contributed by atoms with van der Waals surface area (Å²) >= 11 is 3.55. The Morgan fingerprint density at radius 1 is 1.26 bits per heavy atom. The number of nitrogens with two attached hydrogens (primary N) is 1. The third-order valence-corrected chi connectivity index (χ3v) is 3.61. The van der Waals surface area contributed by atoms with Gasteiger partial charge >= 0.3 is 0 Å². The van der Waals surface area contributed by atoms with Crippen molar-refractivity contribution in [2.75, 3.05) is 6.61 Å². The molecule has 0 aromatic heterocycles. The van der Waals surface area contributed by atoms with Crippen LogP contribution in [-0.4, -0.2) is 12.5 Å². The molecule has 0 heterocycles. The fraction of sp³-hybridized carbons (Fsp3) is 0.214. The first-order chi connectivity index (χ1) is 9.22. The minimum absolute atomic E-state index is 0.179. The van der Waals surface area contributed by atoms with Crippen molar-refractivity contribution in [2.24, 2.45) is 5.84 Å². The van der Waals surface area contributed by atoms with E-state index in [1.807, 2.05) is 30.3 Å². The standard InChI is InChI=1S/C14H15BrN2O2/c15-14-11-5-2-1-4-10(11)7-8-12(14)19-9-3-6-13(18)17-16/h1-2,4-5,7-8H,3,6,9,16H2,(H,17,18). The van der Waals surface area contributed by atoms with Crippen LogP contribution in [0.1, 0.15) is 12.8 Å². The summed E-state index contributed by atoms with van der Waals surface area (Å²) in [6.07, 6.45) is 0.990. The van der Waals surface area contributed by atoms with E-state index >= 15 is 0 Å². The van der Waals surface area contributed by atoms with E-state index in [0.29, 0.717) is 19.4 Å². The fourth-order valence-corrected chi connectivity index (χ4v) is 2.42. The van der Waals surface area contributed by atoms with Gasteiger partial charge in [-0.05, 0) is 39.2 Å². The Balaban J connectivity index is 2.01. The van der Waals surface area contributed by atoms with Crippen LogP contribution in [0.2, 0.25) is 0 Å². The number of nitrogens with one attached hydrogen (secondary N) is 1. The lowest BCUT2D eigenvalue weighted by Crippen LogP contribution is -2.29. The second-order valence-corrected chi connectivity index (χ2v) is 4.91. The van der Waals surface area contributed by atoms with Crippen molar-refractivity contribution in [1.82, 2.24) is 5.43 Å². The lowest BCUT2D eigenvalue weighted by Gasteiger charge is -2.10. The van der Waals surface area contributed by atoms with Gasteiger partial charge in [0, 0.05) is 6.42 Å². The summed E-state index contributed by atoms with van der Waals surface area (Å²) in [6.45, 7) is 0.477. The predicted molar refractivity (Wildman–Crippen MR) is 78.7 cm³/mol. The van der Waals surface area contributed by atoms with E-state index in [9.17, 15) is 4.79 Å². The van der Waals surface area contributed by atoms with Gasteiger partial charge in [-0.2, -0.15) is 0 Å². The van der Waals surface area contributed by atoms with Crippen LogP contribution in [0.5, 0.6) is 5.75 Å². The van der Waals surface area contributed by atoms with Crippen molar-refractivity contribution in [3.63, 3.8) is 0 Å². The highest BCUT2D eigenvalue weighted by Gasteiger charge is 2.06. The Morgan fingerprint density at radius 3 is 2.84 bits per heavy atom. The first-order valence-electron chi connectivity index (χ1n) is 6.02. The largest absolute Gasteiger partial charge is 0.492 e. The minimum Gasteiger partial charge on any atom is -0.492 e. The Labute approximate surface area is 120 Å². The first kappa shape index (κ1) is 13.8. The number of fused-ring (bicyclic) bond motifs is 1. The van der Waals surface area contributed by atoms with Crippen molar-refractivity contribution in [3.05, 3.63) is 40.9 Å². The van der Waals surface area contributed by atoms with Gasteiger partial charge in [0.2, 0.25) is 5.91 Å². The van der Waals surface area contributed by atoms with Gasteiger partial charge in [-0.15, -0.1) is 0 Å². The van der Waals surface area contributed by atoms with Crippen molar-refractivity contribution in [3.8, 4) is 5.75 Å². The number of rotatable bonds is 5. The summed E-state index contributed by atoms with van der Waals surface area (Å²) in [5.41, 5.74) is 2.10. The second kappa shape index (κ2) is 6.54. The van der Waals surface area contributed by atoms with Crippen molar-refractivity contribution < 1.29 is 9.53 Å². The topological polar surface area (TPSA) is 64.3 Å². The molecular weight excluding hydrogens is 308 g/mol. The normalized spacial score (nSPS) is 10.4. The zero-order valence-corrected chi connectivity index (χ0v) is 11.9. The third kappa shape index (κ3) is 3.45. The summed E-state index contributed by atoms with van der Waals surface area (Å²) in [4.78, 5) is 11.0. The van der Waals surface area contributed by atoms with Gasteiger partial charge in [0.15, 0.2) is 0 Å². The van der Waals surface area contributed by atoms with Crippen LogP contribution in [0.4, 0.5) is 0 Å². The van der Waals surface area contributed by atoms with Crippen molar-refractivity contribution in [1.29, 1.82) is 0 Å². The molecule has 0 radical (unpaired) electrons. The van der Waals surface area contributed by atoms with E-state index in [0.717, 1.165) is 21.0 Å². The number of benzene rings is 2. The van der Waals surface area contributed by atoms with Crippen LogP contribution < -0.4 is 16.0 Å². The molecule has 0 spiro atoms. The molecule has 0 aliphatic heterocycles. The molecular formula is C14H15BrN2O2. The molecule has 0 aliphatic rings. The van der Waals surface area contributed by atoms with Gasteiger partial charge in [0.1, 0.15) is 5.75 Å². The predicted octanol–water partition coefficient (Wildman–Crippen LogP) is 2.75. The molecule has 0 unspecified atom stereocenters. The Kier molecular flexibility index (Phi) is 4.76. The second-order valence-electron chi connectivity index (χ2n) is 4.12. The highest BCUT2D eigenvalue weighted by atomic mass is 79.9. The van der Waals surface area contributed by atoms with E-state index in [1.165, 1.54) is 0 Å². The number of ether oxygens (including phenoxy) is 1. The van der Waals surface area contributed by atoms with Gasteiger partial charge in [0.05, 0.1) is 11.1 Å². The van der Waals surface area contributed by atoms with Gasteiger partial charge in [-0.25, -0.2) is 5.84 Å². The highest BCUT2D eigenvalue weighted by molar-refractivity contribution is 9.10. The maximum absolute atomic E-state index is 11.0. The summed E-state index contributed by atoms with van der Waals surface area (Å²) < 4.78 is 6.61. The average Bonchev–Trinajstić information content (AvgIpc) is 2.45. The van der Waals surface area contributed by atoms with E-state index in [1.54, 1.807) is 0 Å². The summed E-state index contributed by atoms with van der Waals surface area (Å²) in [7, 11) is 0. The Bertz CT molecular complexity index is 587. The third-order valence-electron chi connectivity index (χ3n) is 2.79. The van der Waals surface area contributed by atoms with Gasteiger partial charge < -0.3 is 4.74 Å². The van der Waals surface area contributed by atoms with Crippen LogP contribution in [0.15, 0.2) is 40.9 Å². The lowest BCUT2D eigenvalue weighted by atomic mass is 10.1. The monoisotopic (exact) mass is 322 g/mol. The van der Waals surface area contributed by atoms with Gasteiger partial charge in [-0.3, -0.25) is 10.2 Å². The van der Waals surface area contributed by atoms with Crippen molar-refractivity contribution >= 4 is 32.6 Å². The number of hydrogen-bond acceptors (Lipinski definition) is 3. The quantitative estimate of drug-likeness (QED) is 0.385. The molecule has 2 aromatic rings. The number of carbonyl (C=O) groups is 1. The molecule has 5 heteroatoms. The molecule has 0 aliphatic carbocycles. The Hall–Kier alpha value is -1.59. The highest BCUT2D eigenvalue weighted by Crippen LogP contribution is 2.33. The number of carbonyl (C=O) groups excluding carboxylic acids is 1. The maximum atomic E-state index is 11.0. The minimum atomic E-state index is -0.179. The number of hydrazine groups is 1. The average molecular weight is 323 g/mol. The van der Waals surface area contributed by atoms with E-state index in [2.05, 4.69) is 27.4 Å². The number of hydrogen-bond donors (Lipinski definition) is 2. The van der Waals surface area contributed by atoms with E-state index in [4.69, 9.17) is 10.6 Å². The molecule has 100 valence electrons. The smallest absolute Gasteiger partial charge is 0.234 e. The van der Waals surface area contributed by atoms with Crippen LogP contribution in [-0.2, 0) is 4.79 Å². The van der Waals surface area contributed by atoms with Crippen LogP contribution in [0, 0.1) is 0 Å². The molecule has 19 heavy (non-hydrogen) atoms. The fourth-order valence-electron chi connectivity index (χ4n) is 1.81.